The number of imidazole rings is 1. The van der Waals surface area contributed by atoms with Gasteiger partial charge in [0.15, 0.2) is 0 Å². The van der Waals surface area contributed by atoms with E-state index >= 15 is 0 Å². The molecule has 7 heteroatoms. The predicted octanol–water partition coefficient (Wildman–Crippen LogP) is 4.89. The first kappa shape index (κ1) is 18.7. The average Bonchev–Trinajstić information content (AvgIpc) is 3.18. The van der Waals surface area contributed by atoms with Gasteiger partial charge in [0.05, 0.1) is 17.6 Å². The maximum absolute atomic E-state index is 13.4. The Labute approximate surface area is 160 Å². The minimum Gasteiger partial charge on any atom is -0.315 e. The minimum absolute atomic E-state index is 0.111. The second-order valence-electron chi connectivity index (χ2n) is 7.09. The molecule has 0 amide bonds. The Hall–Kier alpha value is -2.67. The Morgan fingerprint density at radius 2 is 1.75 bits per heavy atom. The molecule has 0 bridgehead atoms. The molecule has 1 saturated heterocycles. The number of hydrogen-bond donors (Lipinski definition) is 1. The molecular weight excluding hydrogens is 370 g/mol. The van der Waals surface area contributed by atoms with Gasteiger partial charge in [0.25, 0.3) is 0 Å². The zero-order chi connectivity index (χ0) is 19.7. The van der Waals surface area contributed by atoms with Crippen molar-refractivity contribution in [3.8, 4) is 5.69 Å². The third kappa shape index (κ3) is 3.94. The van der Waals surface area contributed by atoms with E-state index in [4.69, 9.17) is 0 Å². The molecule has 2 aromatic carbocycles. The molecule has 1 N–H and O–H groups in total. The summed E-state index contributed by atoms with van der Waals surface area (Å²) in [4.78, 5) is 4.47. The number of hydrogen-bond acceptors (Lipinski definition) is 2. The molecule has 0 spiro atoms. The van der Waals surface area contributed by atoms with E-state index in [9.17, 15) is 17.6 Å². The maximum Gasteiger partial charge on any atom is 0.416 e. The maximum atomic E-state index is 13.4. The lowest BCUT2D eigenvalue weighted by molar-refractivity contribution is -0.137. The van der Waals surface area contributed by atoms with E-state index in [0.717, 1.165) is 36.4 Å². The van der Waals surface area contributed by atoms with Crippen LogP contribution in [0.3, 0.4) is 0 Å². The fourth-order valence-corrected chi connectivity index (χ4v) is 3.69. The summed E-state index contributed by atoms with van der Waals surface area (Å²) in [6.07, 6.45) is 0.0102. The van der Waals surface area contributed by atoms with E-state index in [1.807, 2.05) is 6.20 Å². The van der Waals surface area contributed by atoms with Crippen molar-refractivity contribution in [1.29, 1.82) is 0 Å². The Bertz CT molecular complexity index is 947. The highest BCUT2D eigenvalue weighted by Crippen LogP contribution is 2.34. The molecule has 3 aromatic rings. The summed E-state index contributed by atoms with van der Waals surface area (Å²) in [5.74, 6) is -0.0642. The van der Waals surface area contributed by atoms with Gasteiger partial charge in [-0.05, 0) is 48.2 Å². The van der Waals surface area contributed by atoms with Crippen LogP contribution in [0, 0.1) is 5.82 Å². The highest BCUT2D eigenvalue weighted by Gasteiger charge is 2.31. The van der Waals surface area contributed by atoms with Gasteiger partial charge in [-0.15, -0.1) is 0 Å². The van der Waals surface area contributed by atoms with Crippen molar-refractivity contribution in [2.45, 2.75) is 24.4 Å². The molecule has 4 rings (SSSR count). The highest BCUT2D eigenvalue weighted by atomic mass is 19.4. The van der Waals surface area contributed by atoms with E-state index in [0.29, 0.717) is 12.2 Å². The van der Waals surface area contributed by atoms with Gasteiger partial charge in [-0.1, -0.05) is 18.2 Å². The van der Waals surface area contributed by atoms with Crippen LogP contribution < -0.4 is 5.32 Å². The second-order valence-corrected chi connectivity index (χ2v) is 7.09. The Morgan fingerprint density at radius 3 is 2.46 bits per heavy atom. The number of alkyl halides is 3. The van der Waals surface area contributed by atoms with Gasteiger partial charge in [-0.2, -0.15) is 13.2 Å². The van der Waals surface area contributed by atoms with Gasteiger partial charge in [0.1, 0.15) is 5.82 Å². The molecule has 28 heavy (non-hydrogen) atoms. The molecule has 1 aliphatic heterocycles. The van der Waals surface area contributed by atoms with Crippen molar-refractivity contribution in [3.05, 3.63) is 83.7 Å². The van der Waals surface area contributed by atoms with Gasteiger partial charge in [-0.25, -0.2) is 9.37 Å². The molecule has 2 atom stereocenters. The number of nitrogens with zero attached hydrogens (tertiary/aromatic N) is 2. The molecule has 0 saturated carbocycles. The topological polar surface area (TPSA) is 29.9 Å². The quantitative estimate of drug-likeness (QED) is 0.647. The fourth-order valence-electron chi connectivity index (χ4n) is 3.69. The summed E-state index contributed by atoms with van der Waals surface area (Å²) in [6, 6.07) is 11.7. The molecule has 1 aromatic heterocycles. The molecule has 1 aliphatic rings. The summed E-state index contributed by atoms with van der Waals surface area (Å²) >= 11 is 0. The molecule has 2 heterocycles. The van der Waals surface area contributed by atoms with Crippen LogP contribution in [-0.2, 0) is 6.18 Å². The average molecular weight is 389 g/mol. The summed E-state index contributed by atoms with van der Waals surface area (Å²) in [5, 5.41) is 3.35. The van der Waals surface area contributed by atoms with Crippen LogP contribution in [0.4, 0.5) is 17.6 Å². The normalized spacial score (nSPS) is 20.3. The summed E-state index contributed by atoms with van der Waals surface area (Å²) in [7, 11) is 0. The van der Waals surface area contributed by atoms with Gasteiger partial charge in [0, 0.05) is 30.9 Å². The number of aromatic nitrogens is 2. The van der Waals surface area contributed by atoms with Crippen LogP contribution in [0.25, 0.3) is 5.69 Å². The van der Waals surface area contributed by atoms with Crippen LogP contribution in [0.15, 0.2) is 61.1 Å². The van der Waals surface area contributed by atoms with E-state index in [2.05, 4.69) is 10.3 Å². The first-order chi connectivity index (χ1) is 13.4. The summed E-state index contributed by atoms with van der Waals surface area (Å²) < 4.78 is 53.5. The third-order valence-electron chi connectivity index (χ3n) is 5.19. The van der Waals surface area contributed by atoms with E-state index in [1.165, 1.54) is 12.1 Å². The minimum atomic E-state index is -4.32. The lowest BCUT2D eigenvalue weighted by Gasteiger charge is -2.29. The first-order valence-electron chi connectivity index (χ1n) is 9.08. The molecule has 146 valence electrons. The standard InChI is InChI=1S/C21H19F4N3/c22-18-2-1-3-19(9-18)28-12-20(27-13-28)16-8-15(10-26-11-16)14-4-6-17(7-5-14)21(23,24)25/h1-7,9,12-13,15-16,26H,8,10-11H2. The predicted molar refractivity (Wildman–Crippen MR) is 97.9 cm³/mol. The SMILES string of the molecule is Fc1cccc(-n2cnc(C3CNCC(c4ccc(C(F)(F)F)cc4)C3)c2)c1. The molecule has 0 radical (unpaired) electrons. The zero-order valence-electron chi connectivity index (χ0n) is 15.0. The van der Waals surface area contributed by atoms with E-state index < -0.39 is 11.7 Å². The van der Waals surface area contributed by atoms with Crippen LogP contribution in [0.1, 0.15) is 35.1 Å². The van der Waals surface area contributed by atoms with Crippen molar-refractivity contribution in [2.75, 3.05) is 13.1 Å². The monoisotopic (exact) mass is 389 g/mol. The first-order valence-corrected chi connectivity index (χ1v) is 9.08. The Balaban J connectivity index is 1.50. The lowest BCUT2D eigenvalue weighted by Crippen LogP contribution is -2.34. The smallest absolute Gasteiger partial charge is 0.315 e. The van der Waals surface area contributed by atoms with Crippen molar-refractivity contribution < 1.29 is 17.6 Å². The Kier molecular flexibility index (Phi) is 4.93. The third-order valence-corrected chi connectivity index (χ3v) is 5.19. The van der Waals surface area contributed by atoms with Crippen molar-refractivity contribution in [1.82, 2.24) is 14.9 Å². The molecule has 3 nitrogen and oxygen atoms in total. The molecular formula is C21H19F4N3. The highest BCUT2D eigenvalue weighted by molar-refractivity contribution is 5.33. The largest absolute Gasteiger partial charge is 0.416 e. The number of piperidine rings is 1. The number of halogens is 4. The van der Waals surface area contributed by atoms with E-state index in [1.54, 1.807) is 35.2 Å². The van der Waals surface area contributed by atoms with Crippen molar-refractivity contribution in [2.24, 2.45) is 0 Å². The number of nitrogens with one attached hydrogen (secondary N) is 1. The molecule has 1 fully saturated rings. The zero-order valence-corrected chi connectivity index (χ0v) is 15.0. The van der Waals surface area contributed by atoms with Gasteiger partial charge in [0.2, 0.25) is 0 Å². The van der Waals surface area contributed by atoms with Crippen LogP contribution in [0.2, 0.25) is 0 Å². The summed E-state index contributed by atoms with van der Waals surface area (Å²) in [6.45, 7) is 1.46. The molecule has 0 aliphatic carbocycles. The molecule has 2 unspecified atom stereocenters. The van der Waals surface area contributed by atoms with Crippen LogP contribution >= 0.6 is 0 Å². The Morgan fingerprint density at radius 1 is 1.00 bits per heavy atom. The van der Waals surface area contributed by atoms with Crippen molar-refractivity contribution >= 4 is 0 Å². The van der Waals surface area contributed by atoms with Crippen LogP contribution in [-0.4, -0.2) is 22.6 Å². The lowest BCUT2D eigenvalue weighted by atomic mass is 9.84. The van der Waals surface area contributed by atoms with E-state index in [-0.39, 0.29) is 17.7 Å². The van der Waals surface area contributed by atoms with Gasteiger partial charge < -0.3 is 9.88 Å². The summed E-state index contributed by atoms with van der Waals surface area (Å²) in [5.41, 5.74) is 1.83. The van der Waals surface area contributed by atoms with Gasteiger partial charge in [-0.3, -0.25) is 0 Å². The fraction of sp³-hybridized carbons (Fsp3) is 0.286. The number of rotatable bonds is 3. The van der Waals surface area contributed by atoms with Gasteiger partial charge >= 0.3 is 6.18 Å². The van der Waals surface area contributed by atoms with Crippen molar-refractivity contribution in [3.63, 3.8) is 0 Å². The number of benzene rings is 2. The second kappa shape index (κ2) is 7.39. The van der Waals surface area contributed by atoms with Crippen LogP contribution in [0.5, 0.6) is 0 Å².